The van der Waals surface area contributed by atoms with E-state index in [0.717, 1.165) is 33.8 Å². The van der Waals surface area contributed by atoms with Gasteiger partial charge < -0.3 is 4.57 Å². The van der Waals surface area contributed by atoms with Crippen molar-refractivity contribution in [2.24, 2.45) is 0 Å². The van der Waals surface area contributed by atoms with Crippen LogP contribution < -0.4 is 5.32 Å². The van der Waals surface area contributed by atoms with Gasteiger partial charge in [0.25, 0.3) is 5.24 Å². The summed E-state index contributed by atoms with van der Waals surface area (Å²) >= 11 is 1.06. The van der Waals surface area contributed by atoms with Crippen LogP contribution in [-0.4, -0.2) is 26.9 Å². The Bertz CT molecular complexity index is 1020. The zero-order chi connectivity index (χ0) is 18.1. The predicted octanol–water partition coefficient (Wildman–Crippen LogP) is 3.18. The minimum Gasteiger partial charge on any atom is -0.343 e. The number of amides is 2. The van der Waals surface area contributed by atoms with Crippen molar-refractivity contribution < 1.29 is 14.4 Å². The number of nitrogens with one attached hydrogen (secondary N) is 1. The molecule has 0 radical (unpaired) electrons. The minimum atomic E-state index is -0.367. The Morgan fingerprint density at radius 1 is 1.23 bits per heavy atom. The van der Waals surface area contributed by atoms with Crippen LogP contribution in [-0.2, 0) is 22.6 Å². The van der Waals surface area contributed by atoms with Gasteiger partial charge in [-0.25, -0.2) is 4.79 Å². The molecule has 1 N–H and O–H groups in total. The van der Waals surface area contributed by atoms with E-state index in [1.807, 2.05) is 48.6 Å². The highest BCUT2D eigenvalue weighted by atomic mass is 32.2. The van der Waals surface area contributed by atoms with Gasteiger partial charge in [-0.15, -0.1) is 0 Å². The van der Waals surface area contributed by atoms with Gasteiger partial charge in [-0.05, 0) is 35.8 Å². The molecule has 1 aromatic carbocycles. The van der Waals surface area contributed by atoms with Gasteiger partial charge in [-0.1, -0.05) is 36.0 Å². The van der Waals surface area contributed by atoms with Crippen molar-refractivity contribution in [2.45, 2.75) is 24.6 Å². The fourth-order valence-electron chi connectivity index (χ4n) is 3.30. The van der Waals surface area contributed by atoms with Crippen LogP contribution in [0.4, 0.5) is 4.79 Å². The summed E-state index contributed by atoms with van der Waals surface area (Å²) in [4.78, 5) is 33.9. The first-order valence-electron chi connectivity index (χ1n) is 8.33. The van der Waals surface area contributed by atoms with Crippen LogP contribution in [0, 0.1) is 0 Å². The summed E-state index contributed by atoms with van der Waals surface area (Å²) in [6, 6.07) is 8.08. The van der Waals surface area contributed by atoms with E-state index >= 15 is 0 Å². The van der Waals surface area contributed by atoms with Crippen LogP contribution in [0.15, 0.2) is 59.8 Å². The van der Waals surface area contributed by atoms with Crippen molar-refractivity contribution in [3.63, 3.8) is 0 Å². The molecule has 2 heterocycles. The highest BCUT2D eigenvalue weighted by Gasteiger charge is 2.31. The van der Waals surface area contributed by atoms with Crippen molar-refractivity contribution in [3.8, 4) is 0 Å². The van der Waals surface area contributed by atoms with Crippen LogP contribution in [0.25, 0.3) is 10.9 Å². The molecule has 1 aliphatic carbocycles. The Hall–Kier alpha value is -2.82. The molecule has 0 spiro atoms. The zero-order valence-corrected chi connectivity index (χ0v) is 14.7. The molecule has 1 aromatic heterocycles. The molecular formula is C20H16N2O3S. The fraction of sp³-hybridized carbons (Fsp3) is 0.200. The summed E-state index contributed by atoms with van der Waals surface area (Å²) in [5.41, 5.74) is 3.95. The van der Waals surface area contributed by atoms with Gasteiger partial charge in [0.2, 0.25) is 5.91 Å². The van der Waals surface area contributed by atoms with Crippen LogP contribution >= 0.6 is 11.8 Å². The van der Waals surface area contributed by atoms with Crippen molar-refractivity contribution in [1.82, 2.24) is 9.88 Å². The van der Waals surface area contributed by atoms with E-state index in [-0.39, 0.29) is 16.4 Å². The summed E-state index contributed by atoms with van der Waals surface area (Å²) in [5, 5.41) is 2.79. The summed E-state index contributed by atoms with van der Waals surface area (Å²) in [5.74, 6) is 1.72. The van der Waals surface area contributed by atoms with Crippen LogP contribution in [0.3, 0.4) is 0 Å². The molecule has 2 aromatic rings. The number of imide groups is 1. The van der Waals surface area contributed by atoms with E-state index in [4.69, 9.17) is 0 Å². The molecule has 0 saturated carbocycles. The SMILES string of the molecule is O=C=C1C=CC(Cn2ccc3c(CC4SC(=O)NC4=O)cccc32)=CC1. The third-order valence-corrected chi connectivity index (χ3v) is 5.62. The molecular weight excluding hydrogens is 348 g/mol. The maximum atomic E-state index is 11.8. The van der Waals surface area contributed by atoms with E-state index in [1.54, 1.807) is 0 Å². The van der Waals surface area contributed by atoms with Crippen molar-refractivity contribution in [2.75, 3.05) is 0 Å². The van der Waals surface area contributed by atoms with Gasteiger partial charge in [0.15, 0.2) is 0 Å². The van der Waals surface area contributed by atoms with Crippen LogP contribution in [0.5, 0.6) is 0 Å². The van der Waals surface area contributed by atoms with E-state index in [2.05, 4.69) is 16.0 Å². The van der Waals surface area contributed by atoms with Crippen LogP contribution in [0.2, 0.25) is 0 Å². The molecule has 5 nitrogen and oxygen atoms in total. The Balaban J connectivity index is 1.58. The van der Waals surface area contributed by atoms with Crippen LogP contribution in [0.1, 0.15) is 12.0 Å². The van der Waals surface area contributed by atoms with Gasteiger partial charge >= 0.3 is 0 Å². The standard InChI is InChI=1S/C20H16N2O3S/c23-12-14-6-4-13(5-7-14)11-22-9-8-16-15(2-1-3-17(16)22)10-18-19(24)21-20(25)26-18/h1-6,8-9,18H,7,10-11H2,(H,21,24,25). The first kappa shape index (κ1) is 16.6. The number of carbonyl (C=O) groups is 2. The number of fused-ring (bicyclic) bond motifs is 1. The molecule has 26 heavy (non-hydrogen) atoms. The molecule has 2 amide bonds. The monoisotopic (exact) mass is 364 g/mol. The molecule has 1 saturated heterocycles. The van der Waals surface area contributed by atoms with Gasteiger partial charge in [0.1, 0.15) is 5.94 Å². The second-order valence-corrected chi connectivity index (χ2v) is 7.50. The molecule has 1 unspecified atom stereocenters. The molecule has 1 fully saturated rings. The normalized spacial score (nSPS) is 19.6. The lowest BCUT2D eigenvalue weighted by Crippen LogP contribution is -2.25. The third-order valence-electron chi connectivity index (χ3n) is 4.64. The van der Waals surface area contributed by atoms with E-state index < -0.39 is 0 Å². The van der Waals surface area contributed by atoms with E-state index in [1.165, 1.54) is 0 Å². The quantitative estimate of drug-likeness (QED) is 0.846. The average molecular weight is 364 g/mol. The van der Waals surface area contributed by atoms with Gasteiger partial charge in [-0.3, -0.25) is 14.9 Å². The Labute approximate surface area is 154 Å². The van der Waals surface area contributed by atoms with E-state index in [9.17, 15) is 14.4 Å². The maximum absolute atomic E-state index is 11.8. The number of benzene rings is 1. The lowest BCUT2D eigenvalue weighted by atomic mass is 10.0. The topological polar surface area (TPSA) is 68.2 Å². The predicted molar refractivity (Wildman–Crippen MR) is 102 cm³/mol. The third kappa shape index (κ3) is 3.17. The largest absolute Gasteiger partial charge is 0.343 e. The number of carbonyl (C=O) groups excluding carboxylic acids is 3. The number of hydrogen-bond donors (Lipinski definition) is 1. The number of aromatic nitrogens is 1. The first-order valence-corrected chi connectivity index (χ1v) is 9.21. The van der Waals surface area contributed by atoms with Gasteiger partial charge in [0.05, 0.1) is 5.25 Å². The van der Waals surface area contributed by atoms with Gasteiger partial charge in [0, 0.05) is 35.6 Å². The number of nitrogens with zero attached hydrogens (tertiary/aromatic N) is 1. The average Bonchev–Trinajstić information content (AvgIpc) is 3.19. The Morgan fingerprint density at radius 2 is 2.12 bits per heavy atom. The number of allylic oxidation sites excluding steroid dienone is 5. The summed E-state index contributed by atoms with van der Waals surface area (Å²) in [7, 11) is 0. The van der Waals surface area contributed by atoms with Crippen molar-refractivity contribution in [1.29, 1.82) is 0 Å². The maximum Gasteiger partial charge on any atom is 0.286 e. The second-order valence-electron chi connectivity index (χ2n) is 6.32. The van der Waals surface area contributed by atoms with Crippen molar-refractivity contribution in [3.05, 3.63) is 65.4 Å². The Morgan fingerprint density at radius 3 is 2.81 bits per heavy atom. The fourth-order valence-corrected chi connectivity index (χ4v) is 4.15. The molecule has 0 bridgehead atoms. The Kier molecular flexibility index (Phi) is 4.37. The lowest BCUT2D eigenvalue weighted by molar-refractivity contribution is -0.118. The first-order chi connectivity index (χ1) is 12.6. The highest BCUT2D eigenvalue weighted by Crippen LogP contribution is 2.28. The summed E-state index contributed by atoms with van der Waals surface area (Å²) < 4.78 is 2.15. The highest BCUT2D eigenvalue weighted by molar-refractivity contribution is 8.15. The molecule has 4 rings (SSSR count). The number of thioether (sulfide) groups is 1. The summed E-state index contributed by atoms with van der Waals surface area (Å²) in [6.07, 6.45) is 8.97. The number of hydrogen-bond acceptors (Lipinski definition) is 4. The molecule has 1 atom stereocenters. The zero-order valence-electron chi connectivity index (χ0n) is 13.9. The van der Waals surface area contributed by atoms with Crippen molar-refractivity contribution >= 4 is 39.8 Å². The minimum absolute atomic E-state index is 0.215. The molecule has 6 heteroatoms. The van der Waals surface area contributed by atoms with Gasteiger partial charge in [-0.2, -0.15) is 0 Å². The van der Waals surface area contributed by atoms with E-state index in [0.29, 0.717) is 25.0 Å². The number of rotatable bonds is 4. The summed E-state index contributed by atoms with van der Waals surface area (Å²) in [6.45, 7) is 0.715. The smallest absolute Gasteiger partial charge is 0.286 e. The molecule has 1 aliphatic heterocycles. The molecule has 130 valence electrons. The molecule has 2 aliphatic rings. The second kappa shape index (κ2) is 6.83. The lowest BCUT2D eigenvalue weighted by Gasteiger charge is -2.11.